The Labute approximate surface area is 161 Å². The van der Waals surface area contributed by atoms with Crippen LogP contribution in [-0.2, 0) is 9.59 Å². The van der Waals surface area contributed by atoms with Gasteiger partial charge in [0, 0.05) is 31.6 Å². The lowest BCUT2D eigenvalue weighted by molar-refractivity contribution is -0.136. The number of methoxy groups -OCH3 is 2. The standard InChI is InChI=1S/C21H30N2O4/c1-14(2)9-10-22(16-5-6-16)21(25)15-11-20(24)23(13-15)18-12-17(26-3)7-8-19(18)27-4/h7-8,12,14-16H,5-6,9-11,13H2,1-4H3. The SMILES string of the molecule is COc1ccc(OC)c(N2CC(C(=O)N(CCC(C)C)C3CC3)CC2=O)c1. The van der Waals surface area contributed by atoms with Crippen molar-refractivity contribution in [3.63, 3.8) is 0 Å². The molecule has 2 fully saturated rings. The third-order valence-corrected chi connectivity index (χ3v) is 5.37. The Hall–Kier alpha value is -2.24. The number of amides is 2. The summed E-state index contributed by atoms with van der Waals surface area (Å²) in [6.45, 7) is 5.53. The summed E-state index contributed by atoms with van der Waals surface area (Å²) in [4.78, 5) is 29.5. The van der Waals surface area contributed by atoms with Crippen LogP contribution < -0.4 is 14.4 Å². The van der Waals surface area contributed by atoms with Crippen LogP contribution in [0, 0.1) is 11.8 Å². The first kappa shape index (κ1) is 19.5. The second-order valence-electron chi connectivity index (χ2n) is 7.89. The summed E-state index contributed by atoms with van der Waals surface area (Å²) < 4.78 is 10.7. The van der Waals surface area contributed by atoms with E-state index < -0.39 is 0 Å². The van der Waals surface area contributed by atoms with Gasteiger partial charge in [-0.3, -0.25) is 9.59 Å². The van der Waals surface area contributed by atoms with Gasteiger partial charge in [0.1, 0.15) is 11.5 Å². The summed E-state index contributed by atoms with van der Waals surface area (Å²) in [5, 5.41) is 0. The molecule has 0 radical (unpaired) electrons. The molecule has 1 aliphatic carbocycles. The van der Waals surface area contributed by atoms with Crippen molar-refractivity contribution in [3.8, 4) is 11.5 Å². The predicted molar refractivity (Wildman–Crippen MR) is 104 cm³/mol. The fourth-order valence-electron chi connectivity index (χ4n) is 3.60. The van der Waals surface area contributed by atoms with Gasteiger partial charge in [0.2, 0.25) is 11.8 Å². The van der Waals surface area contributed by atoms with Gasteiger partial charge in [-0.1, -0.05) is 13.8 Å². The maximum atomic E-state index is 13.1. The lowest BCUT2D eigenvalue weighted by atomic mass is 10.1. The Kier molecular flexibility index (Phi) is 5.92. The predicted octanol–water partition coefficient (Wildman–Crippen LogP) is 3.09. The highest BCUT2D eigenvalue weighted by Crippen LogP contribution is 2.37. The molecular formula is C21H30N2O4. The van der Waals surface area contributed by atoms with Gasteiger partial charge in [-0.15, -0.1) is 0 Å². The minimum atomic E-state index is -0.291. The van der Waals surface area contributed by atoms with Crippen molar-refractivity contribution in [1.29, 1.82) is 0 Å². The first-order valence-corrected chi connectivity index (χ1v) is 9.77. The number of rotatable bonds is 8. The maximum Gasteiger partial charge on any atom is 0.228 e. The first-order valence-electron chi connectivity index (χ1n) is 9.77. The average Bonchev–Trinajstić information content (AvgIpc) is 3.42. The number of carbonyl (C=O) groups is 2. The molecule has 2 amide bonds. The van der Waals surface area contributed by atoms with Crippen molar-refractivity contribution in [3.05, 3.63) is 18.2 Å². The zero-order valence-corrected chi connectivity index (χ0v) is 16.7. The van der Waals surface area contributed by atoms with Crippen LogP contribution in [0.1, 0.15) is 39.5 Å². The normalized spacial score (nSPS) is 19.5. The third kappa shape index (κ3) is 4.37. The Morgan fingerprint density at radius 3 is 2.59 bits per heavy atom. The van der Waals surface area contributed by atoms with Crippen LogP contribution in [-0.4, -0.2) is 50.1 Å². The molecule has 27 heavy (non-hydrogen) atoms. The fraction of sp³-hybridized carbons (Fsp3) is 0.619. The first-order chi connectivity index (χ1) is 12.9. The fourth-order valence-corrected chi connectivity index (χ4v) is 3.60. The average molecular weight is 374 g/mol. The van der Waals surface area contributed by atoms with E-state index in [2.05, 4.69) is 13.8 Å². The number of benzene rings is 1. The molecular weight excluding hydrogens is 344 g/mol. The van der Waals surface area contributed by atoms with E-state index in [1.165, 1.54) is 0 Å². The van der Waals surface area contributed by atoms with Crippen LogP contribution in [0.5, 0.6) is 11.5 Å². The summed E-state index contributed by atoms with van der Waals surface area (Å²) in [5.74, 6) is 1.61. The van der Waals surface area contributed by atoms with Crippen molar-refractivity contribution >= 4 is 17.5 Å². The minimum absolute atomic E-state index is 0.0421. The Balaban J connectivity index is 1.75. The van der Waals surface area contributed by atoms with Crippen LogP contribution in [0.2, 0.25) is 0 Å². The van der Waals surface area contributed by atoms with E-state index in [1.54, 1.807) is 37.3 Å². The monoisotopic (exact) mass is 374 g/mol. The van der Waals surface area contributed by atoms with Crippen LogP contribution in [0.4, 0.5) is 5.69 Å². The molecule has 1 atom stereocenters. The molecule has 6 nitrogen and oxygen atoms in total. The molecule has 0 aromatic heterocycles. The van der Waals surface area contributed by atoms with E-state index in [1.807, 2.05) is 4.90 Å². The lowest BCUT2D eigenvalue weighted by Crippen LogP contribution is -2.40. The van der Waals surface area contributed by atoms with E-state index >= 15 is 0 Å². The van der Waals surface area contributed by atoms with Gasteiger partial charge in [-0.05, 0) is 37.3 Å². The van der Waals surface area contributed by atoms with Gasteiger partial charge in [-0.25, -0.2) is 0 Å². The highest BCUT2D eigenvalue weighted by Gasteiger charge is 2.41. The van der Waals surface area contributed by atoms with Crippen molar-refractivity contribution in [2.24, 2.45) is 11.8 Å². The van der Waals surface area contributed by atoms with Crippen LogP contribution in [0.3, 0.4) is 0 Å². The molecule has 0 bridgehead atoms. The molecule has 1 aromatic carbocycles. The molecule has 2 aliphatic rings. The summed E-state index contributed by atoms with van der Waals surface area (Å²) in [7, 11) is 3.17. The smallest absolute Gasteiger partial charge is 0.228 e. The minimum Gasteiger partial charge on any atom is -0.497 e. The number of ether oxygens (including phenoxy) is 2. The van der Waals surface area contributed by atoms with Crippen LogP contribution in [0.25, 0.3) is 0 Å². The molecule has 1 saturated heterocycles. The number of hydrogen-bond donors (Lipinski definition) is 0. The molecule has 6 heteroatoms. The van der Waals surface area contributed by atoms with Gasteiger partial charge in [0.15, 0.2) is 0 Å². The summed E-state index contributed by atoms with van der Waals surface area (Å²) >= 11 is 0. The van der Waals surface area contributed by atoms with Crippen molar-refractivity contribution < 1.29 is 19.1 Å². The maximum absolute atomic E-state index is 13.1. The molecule has 1 saturated carbocycles. The summed E-state index contributed by atoms with van der Waals surface area (Å²) in [6.07, 6.45) is 3.41. The topological polar surface area (TPSA) is 59.1 Å². The zero-order valence-electron chi connectivity index (χ0n) is 16.7. The Morgan fingerprint density at radius 1 is 1.26 bits per heavy atom. The highest BCUT2D eigenvalue weighted by atomic mass is 16.5. The zero-order chi connectivity index (χ0) is 19.6. The molecule has 1 aliphatic heterocycles. The molecule has 148 valence electrons. The molecule has 1 unspecified atom stereocenters. The summed E-state index contributed by atoms with van der Waals surface area (Å²) in [5.41, 5.74) is 0.664. The van der Waals surface area contributed by atoms with Crippen molar-refractivity contribution in [1.82, 2.24) is 4.90 Å². The van der Waals surface area contributed by atoms with Gasteiger partial charge in [-0.2, -0.15) is 0 Å². The largest absolute Gasteiger partial charge is 0.497 e. The molecule has 0 spiro atoms. The Morgan fingerprint density at radius 2 is 2.00 bits per heavy atom. The number of carbonyl (C=O) groups excluding carboxylic acids is 2. The number of hydrogen-bond acceptors (Lipinski definition) is 4. The molecule has 1 heterocycles. The lowest BCUT2D eigenvalue weighted by Gasteiger charge is -2.26. The van der Waals surface area contributed by atoms with E-state index in [9.17, 15) is 9.59 Å². The van der Waals surface area contributed by atoms with Gasteiger partial charge in [0.25, 0.3) is 0 Å². The van der Waals surface area contributed by atoms with Gasteiger partial charge in [0.05, 0.1) is 25.8 Å². The van der Waals surface area contributed by atoms with E-state index in [-0.39, 0.29) is 24.2 Å². The second kappa shape index (κ2) is 8.19. The summed E-state index contributed by atoms with van der Waals surface area (Å²) in [6, 6.07) is 5.75. The van der Waals surface area contributed by atoms with E-state index in [0.717, 1.165) is 25.8 Å². The van der Waals surface area contributed by atoms with Crippen LogP contribution in [0.15, 0.2) is 18.2 Å². The third-order valence-electron chi connectivity index (χ3n) is 5.37. The number of nitrogens with zero attached hydrogens (tertiary/aromatic N) is 2. The number of anilines is 1. The second-order valence-corrected chi connectivity index (χ2v) is 7.89. The highest BCUT2D eigenvalue weighted by molar-refractivity contribution is 6.01. The molecule has 0 N–H and O–H groups in total. The van der Waals surface area contributed by atoms with Gasteiger partial charge < -0.3 is 19.3 Å². The van der Waals surface area contributed by atoms with Crippen LogP contribution >= 0.6 is 0 Å². The van der Waals surface area contributed by atoms with Crippen molar-refractivity contribution in [2.75, 3.05) is 32.2 Å². The van der Waals surface area contributed by atoms with E-state index in [0.29, 0.717) is 35.7 Å². The quantitative estimate of drug-likeness (QED) is 0.702. The molecule has 1 aromatic rings. The Bertz CT molecular complexity index is 699. The van der Waals surface area contributed by atoms with Gasteiger partial charge >= 0.3 is 0 Å². The van der Waals surface area contributed by atoms with Crippen molar-refractivity contribution in [2.45, 2.75) is 45.6 Å². The van der Waals surface area contributed by atoms with E-state index in [4.69, 9.17) is 9.47 Å². The molecule has 3 rings (SSSR count).